The Morgan fingerprint density at radius 1 is 1.28 bits per heavy atom. The molecule has 32 heavy (non-hydrogen) atoms. The van der Waals surface area contributed by atoms with Gasteiger partial charge in [-0.3, -0.25) is 4.79 Å². The van der Waals surface area contributed by atoms with Crippen molar-refractivity contribution >= 4 is 23.3 Å². The quantitative estimate of drug-likeness (QED) is 0.600. The summed E-state index contributed by atoms with van der Waals surface area (Å²) in [7, 11) is 0. The molecule has 0 bridgehead atoms. The van der Waals surface area contributed by atoms with Gasteiger partial charge in [-0.1, -0.05) is 0 Å². The van der Waals surface area contributed by atoms with E-state index in [1.165, 1.54) is 6.20 Å². The van der Waals surface area contributed by atoms with E-state index in [-0.39, 0.29) is 29.5 Å². The van der Waals surface area contributed by atoms with Gasteiger partial charge >= 0.3 is 0 Å². The Morgan fingerprint density at radius 3 is 3.00 bits per heavy atom. The third-order valence-corrected chi connectivity index (χ3v) is 5.68. The topological polar surface area (TPSA) is 119 Å². The summed E-state index contributed by atoms with van der Waals surface area (Å²) >= 11 is 0. The van der Waals surface area contributed by atoms with Crippen LogP contribution in [0.2, 0.25) is 0 Å². The van der Waals surface area contributed by atoms with Crippen LogP contribution in [0, 0.1) is 13.8 Å². The summed E-state index contributed by atoms with van der Waals surface area (Å²) in [6.07, 6.45) is 5.25. The highest BCUT2D eigenvalue weighted by molar-refractivity contribution is 6.05. The Balaban J connectivity index is 1.42. The van der Waals surface area contributed by atoms with Gasteiger partial charge in [0.2, 0.25) is 11.8 Å². The summed E-state index contributed by atoms with van der Waals surface area (Å²) in [6.45, 7) is 8.92. The molecule has 2 N–H and O–H groups in total. The molecule has 168 valence electrons. The summed E-state index contributed by atoms with van der Waals surface area (Å²) in [5, 5.41) is 6.18. The van der Waals surface area contributed by atoms with Crippen LogP contribution in [0.5, 0.6) is 5.88 Å². The van der Waals surface area contributed by atoms with E-state index in [0.717, 1.165) is 30.1 Å². The van der Waals surface area contributed by atoms with Crippen molar-refractivity contribution in [2.75, 3.05) is 43.1 Å². The van der Waals surface area contributed by atoms with Gasteiger partial charge in [0.25, 0.3) is 5.91 Å². The van der Waals surface area contributed by atoms with Gasteiger partial charge in [-0.05, 0) is 20.8 Å². The summed E-state index contributed by atoms with van der Waals surface area (Å²) in [5.41, 5.74) is 2.61. The molecular weight excluding hydrogens is 412 g/mol. The highest BCUT2D eigenvalue weighted by atomic mass is 16.5. The van der Waals surface area contributed by atoms with Crippen molar-refractivity contribution in [3.05, 3.63) is 35.5 Å². The first kappa shape index (κ1) is 20.6. The highest BCUT2D eigenvalue weighted by Crippen LogP contribution is 2.26. The lowest BCUT2D eigenvalue weighted by Crippen LogP contribution is -2.51. The van der Waals surface area contributed by atoms with Crippen molar-refractivity contribution in [3.8, 4) is 5.88 Å². The summed E-state index contributed by atoms with van der Waals surface area (Å²) in [6, 6.07) is 0.162. The van der Waals surface area contributed by atoms with Crippen LogP contribution in [0.3, 0.4) is 0 Å². The van der Waals surface area contributed by atoms with Crippen LogP contribution in [0.25, 0.3) is 5.65 Å². The second-order valence-electron chi connectivity index (χ2n) is 7.93. The first-order valence-corrected chi connectivity index (χ1v) is 10.8. The van der Waals surface area contributed by atoms with Gasteiger partial charge in [0, 0.05) is 32.0 Å². The fourth-order valence-corrected chi connectivity index (χ4v) is 4.25. The molecule has 2 atom stereocenters. The molecule has 5 heterocycles. The number of anilines is 2. The average Bonchev–Trinajstić information content (AvgIpc) is 3.40. The van der Waals surface area contributed by atoms with Crippen molar-refractivity contribution in [2.45, 2.75) is 32.9 Å². The minimum absolute atomic E-state index is 0.113. The number of carbonyl (C=O) groups is 1. The molecule has 11 heteroatoms. The summed E-state index contributed by atoms with van der Waals surface area (Å²) in [4.78, 5) is 33.2. The van der Waals surface area contributed by atoms with Crippen molar-refractivity contribution in [2.24, 2.45) is 0 Å². The zero-order valence-electron chi connectivity index (χ0n) is 18.3. The number of carbonyl (C=O) groups excluding carboxylic acids is 1. The largest absolute Gasteiger partial charge is 0.477 e. The van der Waals surface area contributed by atoms with E-state index in [2.05, 4.69) is 35.5 Å². The minimum Gasteiger partial charge on any atom is -0.477 e. The van der Waals surface area contributed by atoms with E-state index in [1.54, 1.807) is 6.20 Å². The van der Waals surface area contributed by atoms with Gasteiger partial charge in [-0.25, -0.2) is 15.0 Å². The second kappa shape index (κ2) is 8.32. The highest BCUT2D eigenvalue weighted by Gasteiger charge is 2.37. The molecule has 0 spiro atoms. The van der Waals surface area contributed by atoms with Gasteiger partial charge in [0.05, 0.1) is 42.9 Å². The Bertz CT molecular complexity index is 1160. The van der Waals surface area contributed by atoms with Crippen LogP contribution in [0.1, 0.15) is 28.7 Å². The predicted molar refractivity (Wildman–Crippen MR) is 117 cm³/mol. The molecule has 2 aliphatic rings. The average molecular weight is 438 g/mol. The number of hydrogen-bond acceptors (Lipinski definition) is 9. The fraction of sp³-hybridized carbons (Fsp3) is 0.476. The van der Waals surface area contributed by atoms with Crippen LogP contribution < -0.4 is 20.3 Å². The van der Waals surface area contributed by atoms with E-state index in [1.807, 2.05) is 31.4 Å². The maximum Gasteiger partial charge on any atom is 0.263 e. The first-order valence-electron chi connectivity index (χ1n) is 10.8. The summed E-state index contributed by atoms with van der Waals surface area (Å²) < 4.78 is 13.4. The number of aryl methyl sites for hydroxylation is 2. The van der Waals surface area contributed by atoms with Gasteiger partial charge in [-0.15, -0.1) is 0 Å². The molecule has 1 amide bonds. The van der Waals surface area contributed by atoms with E-state index < -0.39 is 0 Å². The zero-order chi connectivity index (χ0) is 22.2. The molecule has 3 aromatic heterocycles. The van der Waals surface area contributed by atoms with Crippen LogP contribution in [0.15, 0.2) is 18.6 Å². The van der Waals surface area contributed by atoms with Crippen molar-refractivity contribution < 1.29 is 14.3 Å². The first-order chi connectivity index (χ1) is 15.5. The normalized spacial score (nSPS) is 20.4. The van der Waals surface area contributed by atoms with Gasteiger partial charge in [-0.2, -0.15) is 4.98 Å². The number of imidazole rings is 1. The maximum absolute atomic E-state index is 13.1. The standard InChI is InChI=1S/C21H26N8O3/c1-4-31-20-14(7-23-21(27-20)29-5-6-32-16-9-22-8-15(16)29)19(30)26-17-11-28-10-12(2)24-18(28)13(3)25-17/h7,10-11,15-16,22H,4-6,8-9H2,1-3H3,(H,26,30)/t15-,16+/m1/s1. The van der Waals surface area contributed by atoms with Crippen molar-refractivity contribution in [1.82, 2.24) is 29.7 Å². The number of nitrogens with one attached hydrogen (secondary N) is 2. The lowest BCUT2D eigenvalue weighted by Gasteiger charge is -2.37. The molecule has 0 unspecified atom stereocenters. The van der Waals surface area contributed by atoms with E-state index in [4.69, 9.17) is 9.47 Å². The minimum atomic E-state index is -0.384. The molecule has 11 nitrogen and oxygen atoms in total. The number of ether oxygens (including phenoxy) is 2. The van der Waals surface area contributed by atoms with Crippen LogP contribution in [0.4, 0.5) is 11.8 Å². The molecule has 2 aliphatic heterocycles. The maximum atomic E-state index is 13.1. The van der Waals surface area contributed by atoms with Crippen LogP contribution in [-0.2, 0) is 4.74 Å². The fourth-order valence-electron chi connectivity index (χ4n) is 4.25. The number of nitrogens with zero attached hydrogens (tertiary/aromatic N) is 6. The Labute approximate surface area is 185 Å². The number of hydrogen-bond donors (Lipinski definition) is 2. The number of aromatic nitrogens is 5. The zero-order valence-corrected chi connectivity index (χ0v) is 18.3. The third kappa shape index (κ3) is 3.73. The molecule has 0 saturated carbocycles. The predicted octanol–water partition coefficient (Wildman–Crippen LogP) is 0.964. The third-order valence-electron chi connectivity index (χ3n) is 5.68. The number of morpholine rings is 1. The van der Waals surface area contributed by atoms with E-state index >= 15 is 0 Å². The van der Waals surface area contributed by atoms with Crippen molar-refractivity contribution in [1.29, 1.82) is 0 Å². The SMILES string of the molecule is CCOc1nc(N2CCO[C@H]3CNC[C@H]32)ncc1C(=O)Nc1cn2cc(C)nc2c(C)n1. The molecular formula is C21H26N8O3. The lowest BCUT2D eigenvalue weighted by molar-refractivity contribution is 0.0342. The molecule has 0 aromatic carbocycles. The van der Waals surface area contributed by atoms with Crippen LogP contribution in [-0.4, -0.2) is 75.2 Å². The molecule has 3 aromatic rings. The smallest absolute Gasteiger partial charge is 0.263 e. The van der Waals surface area contributed by atoms with Gasteiger partial charge in [0.1, 0.15) is 11.4 Å². The summed E-state index contributed by atoms with van der Waals surface area (Å²) in [5.74, 6) is 0.819. The Morgan fingerprint density at radius 2 is 2.16 bits per heavy atom. The molecule has 2 fully saturated rings. The monoisotopic (exact) mass is 438 g/mol. The second-order valence-corrected chi connectivity index (χ2v) is 7.93. The number of fused-ring (bicyclic) bond motifs is 2. The molecule has 0 radical (unpaired) electrons. The molecule has 2 saturated heterocycles. The van der Waals surface area contributed by atoms with Gasteiger partial charge in [0.15, 0.2) is 5.65 Å². The number of amides is 1. The van der Waals surface area contributed by atoms with E-state index in [9.17, 15) is 4.79 Å². The van der Waals surface area contributed by atoms with E-state index in [0.29, 0.717) is 31.5 Å². The lowest BCUT2D eigenvalue weighted by atomic mass is 10.1. The van der Waals surface area contributed by atoms with Gasteiger partial charge < -0.3 is 29.4 Å². The molecule has 5 rings (SSSR count). The Hall–Kier alpha value is -3.31. The number of rotatable bonds is 5. The molecule has 0 aliphatic carbocycles. The Kier molecular flexibility index (Phi) is 5.35. The van der Waals surface area contributed by atoms with Crippen LogP contribution >= 0.6 is 0 Å². The van der Waals surface area contributed by atoms with Crippen molar-refractivity contribution in [3.63, 3.8) is 0 Å².